The average molecular weight is 353 g/mol. The first-order valence-electron chi connectivity index (χ1n) is 8.69. The summed E-state index contributed by atoms with van der Waals surface area (Å²) in [7, 11) is 1.43. The second kappa shape index (κ2) is 7.91. The molecule has 3 heterocycles. The number of nitrogens with zero attached hydrogens (tertiary/aromatic N) is 2. The number of aromatic nitrogens is 1. The van der Waals surface area contributed by atoms with E-state index in [2.05, 4.69) is 29.0 Å². The van der Waals surface area contributed by atoms with E-state index in [-0.39, 0.29) is 5.97 Å². The number of morpholine rings is 1. The molecule has 0 radical (unpaired) electrons. The molecule has 0 unspecified atom stereocenters. The van der Waals surface area contributed by atoms with Gasteiger partial charge in [0.05, 0.1) is 31.8 Å². The van der Waals surface area contributed by atoms with Gasteiger partial charge < -0.3 is 14.8 Å². The minimum absolute atomic E-state index is 0.167. The van der Waals surface area contributed by atoms with Gasteiger partial charge in [-0.25, -0.2) is 4.98 Å². The fourth-order valence-corrected chi connectivity index (χ4v) is 4.63. The van der Waals surface area contributed by atoms with Crippen LogP contribution in [0.4, 0.5) is 0 Å². The summed E-state index contributed by atoms with van der Waals surface area (Å²) in [6.07, 6.45) is 4.72. The zero-order valence-electron chi connectivity index (χ0n) is 14.7. The van der Waals surface area contributed by atoms with E-state index < -0.39 is 0 Å². The van der Waals surface area contributed by atoms with Crippen LogP contribution in [-0.4, -0.2) is 60.8 Å². The van der Waals surface area contributed by atoms with E-state index in [0.717, 1.165) is 35.9 Å². The van der Waals surface area contributed by atoms with Gasteiger partial charge in [-0.15, -0.1) is 11.3 Å². The van der Waals surface area contributed by atoms with Crippen molar-refractivity contribution < 1.29 is 14.3 Å². The fourth-order valence-electron chi connectivity index (χ4n) is 3.63. The molecule has 6 nitrogen and oxygen atoms in total. The number of hydrogen-bond acceptors (Lipinski definition) is 7. The minimum Gasteiger partial charge on any atom is -0.469 e. The lowest BCUT2D eigenvalue weighted by atomic mass is 10.1. The number of hydrogen-bond donors (Lipinski definition) is 1. The molecule has 2 aliphatic rings. The minimum atomic E-state index is -0.167. The molecule has 2 saturated heterocycles. The molecule has 0 bridgehead atoms. The van der Waals surface area contributed by atoms with Crippen molar-refractivity contribution >= 4 is 17.3 Å². The van der Waals surface area contributed by atoms with Crippen molar-refractivity contribution in [1.29, 1.82) is 0 Å². The maximum Gasteiger partial charge on any atom is 0.305 e. The lowest BCUT2D eigenvalue weighted by Crippen LogP contribution is -2.50. The summed E-state index contributed by atoms with van der Waals surface area (Å²) in [5.74, 6) is -0.167. The standard InChI is InChI=1S/C17H27N3O3S/c1-11-9-20(10-12(2)23-11)13-6-15(18-7-13)17-19-8-14(24-17)4-5-16(21)22-3/h8,11-13,15,18H,4-7,9-10H2,1-3H3/t11-,12+,13-,15-/m0/s1. The van der Waals surface area contributed by atoms with Gasteiger partial charge in [-0.1, -0.05) is 0 Å². The summed E-state index contributed by atoms with van der Waals surface area (Å²) in [4.78, 5) is 19.5. The van der Waals surface area contributed by atoms with Crippen molar-refractivity contribution in [2.45, 2.75) is 57.4 Å². The molecule has 1 aromatic rings. The number of esters is 1. The first kappa shape index (κ1) is 17.8. The maximum atomic E-state index is 11.3. The first-order chi connectivity index (χ1) is 11.5. The van der Waals surface area contributed by atoms with Crippen molar-refractivity contribution in [3.05, 3.63) is 16.1 Å². The topological polar surface area (TPSA) is 63.7 Å². The molecule has 1 aromatic heterocycles. The Morgan fingerprint density at radius 1 is 1.46 bits per heavy atom. The molecular formula is C17H27N3O3S. The third kappa shape index (κ3) is 4.33. The molecule has 2 aliphatic heterocycles. The molecular weight excluding hydrogens is 326 g/mol. The molecule has 0 aromatic carbocycles. The Morgan fingerprint density at radius 2 is 2.21 bits per heavy atom. The van der Waals surface area contributed by atoms with Crippen LogP contribution >= 0.6 is 11.3 Å². The van der Waals surface area contributed by atoms with Gasteiger partial charge >= 0.3 is 5.97 Å². The highest BCUT2D eigenvalue weighted by Crippen LogP contribution is 2.30. The van der Waals surface area contributed by atoms with Gasteiger partial charge in [0, 0.05) is 36.8 Å². The smallest absolute Gasteiger partial charge is 0.305 e. The summed E-state index contributed by atoms with van der Waals surface area (Å²) in [5.41, 5.74) is 0. The van der Waals surface area contributed by atoms with Gasteiger partial charge in [-0.3, -0.25) is 9.69 Å². The van der Waals surface area contributed by atoms with Crippen LogP contribution in [-0.2, 0) is 20.7 Å². The van der Waals surface area contributed by atoms with E-state index in [4.69, 9.17) is 9.47 Å². The number of ether oxygens (including phenoxy) is 2. The number of thiazole rings is 1. The highest BCUT2D eigenvalue weighted by atomic mass is 32.1. The average Bonchev–Trinajstić information content (AvgIpc) is 3.20. The van der Waals surface area contributed by atoms with E-state index in [1.807, 2.05) is 6.20 Å². The fraction of sp³-hybridized carbons (Fsp3) is 0.765. The summed E-state index contributed by atoms with van der Waals surface area (Å²) < 4.78 is 10.5. The SMILES string of the molecule is COC(=O)CCc1cnc([C@@H]2C[C@H](N3C[C@@H](C)O[C@@H](C)C3)CN2)s1. The van der Waals surface area contributed by atoms with E-state index in [1.54, 1.807) is 11.3 Å². The lowest BCUT2D eigenvalue weighted by Gasteiger charge is -2.38. The third-order valence-corrected chi connectivity index (χ3v) is 5.92. The molecule has 0 amide bonds. The summed E-state index contributed by atoms with van der Waals surface area (Å²) in [6, 6.07) is 0.867. The highest BCUT2D eigenvalue weighted by molar-refractivity contribution is 7.11. The maximum absolute atomic E-state index is 11.3. The summed E-state index contributed by atoms with van der Waals surface area (Å²) in [5, 5.41) is 4.74. The molecule has 3 rings (SSSR count). The van der Waals surface area contributed by atoms with E-state index >= 15 is 0 Å². The van der Waals surface area contributed by atoms with Crippen LogP contribution in [0.15, 0.2) is 6.20 Å². The lowest BCUT2D eigenvalue weighted by molar-refractivity contribution is -0.140. The number of carbonyl (C=O) groups excluding carboxylic acids is 1. The van der Waals surface area contributed by atoms with Crippen LogP contribution < -0.4 is 5.32 Å². The zero-order valence-corrected chi connectivity index (χ0v) is 15.5. The molecule has 134 valence electrons. The van der Waals surface area contributed by atoms with Crippen LogP contribution in [0.25, 0.3) is 0 Å². The van der Waals surface area contributed by atoms with Gasteiger partial charge in [0.1, 0.15) is 5.01 Å². The summed E-state index contributed by atoms with van der Waals surface area (Å²) in [6.45, 7) is 7.31. The predicted octanol–water partition coefficient (Wildman–Crippen LogP) is 1.76. The van der Waals surface area contributed by atoms with Gasteiger partial charge in [0.15, 0.2) is 0 Å². The number of nitrogens with one attached hydrogen (secondary N) is 1. The summed E-state index contributed by atoms with van der Waals surface area (Å²) >= 11 is 1.71. The number of methoxy groups -OCH3 is 1. The normalized spacial score (nSPS) is 31.3. The van der Waals surface area contributed by atoms with Gasteiger partial charge in [0.25, 0.3) is 0 Å². The zero-order chi connectivity index (χ0) is 17.1. The largest absolute Gasteiger partial charge is 0.469 e. The molecule has 2 fully saturated rings. The van der Waals surface area contributed by atoms with Gasteiger partial charge in [0.2, 0.25) is 0 Å². The second-order valence-corrected chi connectivity index (χ2v) is 7.95. The van der Waals surface area contributed by atoms with Crippen LogP contribution in [0, 0.1) is 0 Å². The monoisotopic (exact) mass is 353 g/mol. The Hall–Kier alpha value is -1.02. The van der Waals surface area contributed by atoms with Crippen LogP contribution in [0.5, 0.6) is 0 Å². The molecule has 24 heavy (non-hydrogen) atoms. The molecule has 4 atom stereocenters. The first-order valence-corrected chi connectivity index (χ1v) is 9.51. The number of aryl methyl sites for hydroxylation is 1. The number of carbonyl (C=O) groups is 1. The molecule has 7 heteroatoms. The van der Waals surface area contributed by atoms with Crippen LogP contribution in [0.1, 0.15) is 42.6 Å². The molecule has 0 spiro atoms. The predicted molar refractivity (Wildman–Crippen MR) is 93.2 cm³/mol. The molecule has 1 N–H and O–H groups in total. The Kier molecular flexibility index (Phi) is 5.86. The van der Waals surface area contributed by atoms with Crippen molar-refractivity contribution in [1.82, 2.24) is 15.2 Å². The number of rotatable bonds is 5. The molecule has 0 aliphatic carbocycles. The highest BCUT2D eigenvalue weighted by Gasteiger charge is 2.34. The van der Waals surface area contributed by atoms with Crippen molar-refractivity contribution in [3.63, 3.8) is 0 Å². The Morgan fingerprint density at radius 3 is 2.92 bits per heavy atom. The van der Waals surface area contributed by atoms with E-state index in [0.29, 0.717) is 37.1 Å². The van der Waals surface area contributed by atoms with Crippen LogP contribution in [0.2, 0.25) is 0 Å². The van der Waals surface area contributed by atoms with Crippen LogP contribution in [0.3, 0.4) is 0 Å². The van der Waals surface area contributed by atoms with Crippen molar-refractivity contribution in [2.24, 2.45) is 0 Å². The van der Waals surface area contributed by atoms with Crippen molar-refractivity contribution in [2.75, 3.05) is 26.7 Å². The quantitative estimate of drug-likeness (QED) is 0.814. The Balaban J connectivity index is 1.54. The van der Waals surface area contributed by atoms with E-state index in [9.17, 15) is 4.79 Å². The Labute approximate surface area is 147 Å². The van der Waals surface area contributed by atoms with Crippen molar-refractivity contribution in [3.8, 4) is 0 Å². The van der Waals surface area contributed by atoms with E-state index in [1.165, 1.54) is 7.11 Å². The van der Waals surface area contributed by atoms with Gasteiger partial charge in [-0.05, 0) is 26.7 Å². The second-order valence-electron chi connectivity index (χ2n) is 6.80. The molecule has 0 saturated carbocycles. The Bertz CT molecular complexity index is 555. The van der Waals surface area contributed by atoms with Gasteiger partial charge in [-0.2, -0.15) is 0 Å². The third-order valence-electron chi connectivity index (χ3n) is 4.74.